The first-order valence-corrected chi connectivity index (χ1v) is 9.28. The Kier molecular flexibility index (Phi) is 5.19. The third-order valence-corrected chi connectivity index (χ3v) is 5.64. The van der Waals surface area contributed by atoms with Crippen molar-refractivity contribution in [1.29, 1.82) is 0 Å². The van der Waals surface area contributed by atoms with Gasteiger partial charge in [0, 0.05) is 24.3 Å². The zero-order valence-electron chi connectivity index (χ0n) is 12.4. The molecule has 1 heterocycles. The highest BCUT2D eigenvalue weighted by atomic mass is 35.5. The minimum absolute atomic E-state index is 0.606. The Balaban J connectivity index is 1.68. The molecule has 0 spiro atoms. The highest BCUT2D eigenvalue weighted by Crippen LogP contribution is 2.38. The third-order valence-electron chi connectivity index (χ3n) is 4.19. The van der Waals surface area contributed by atoms with Crippen molar-refractivity contribution >= 4 is 23.4 Å². The van der Waals surface area contributed by atoms with Gasteiger partial charge in [0.25, 0.3) is 0 Å². The predicted octanol–water partition coefficient (Wildman–Crippen LogP) is 3.88. The first-order valence-electron chi connectivity index (χ1n) is 7.62. The molecule has 1 aliphatic heterocycles. The molecule has 1 fully saturated rings. The van der Waals surface area contributed by atoms with Gasteiger partial charge in [-0.1, -0.05) is 18.0 Å². The van der Waals surface area contributed by atoms with Crippen LogP contribution in [0.2, 0.25) is 5.02 Å². The molecule has 1 aliphatic carbocycles. The fourth-order valence-electron chi connectivity index (χ4n) is 3.08. The van der Waals surface area contributed by atoms with Crippen molar-refractivity contribution in [1.82, 2.24) is 5.32 Å². The fourth-order valence-corrected chi connectivity index (χ4v) is 4.33. The van der Waals surface area contributed by atoms with Gasteiger partial charge in [0.1, 0.15) is 0 Å². The number of rotatable bonds is 4. The van der Waals surface area contributed by atoms with Crippen LogP contribution in [-0.4, -0.2) is 30.8 Å². The average Bonchev–Trinajstić information content (AvgIpc) is 2.81. The van der Waals surface area contributed by atoms with Gasteiger partial charge in [0.15, 0.2) is 11.5 Å². The van der Waals surface area contributed by atoms with E-state index in [0.29, 0.717) is 30.0 Å². The van der Waals surface area contributed by atoms with Crippen molar-refractivity contribution in [2.45, 2.75) is 43.5 Å². The summed E-state index contributed by atoms with van der Waals surface area (Å²) < 4.78 is 11.4. The van der Waals surface area contributed by atoms with Gasteiger partial charge in [-0.15, -0.1) is 0 Å². The molecule has 116 valence electrons. The molecule has 3 nitrogen and oxygen atoms in total. The van der Waals surface area contributed by atoms with Crippen molar-refractivity contribution in [3.05, 3.63) is 22.7 Å². The van der Waals surface area contributed by atoms with Gasteiger partial charge in [-0.2, -0.15) is 11.8 Å². The Morgan fingerprint density at radius 3 is 2.95 bits per heavy atom. The Labute approximate surface area is 135 Å². The molecule has 2 aliphatic rings. The van der Waals surface area contributed by atoms with Crippen molar-refractivity contribution in [2.24, 2.45) is 0 Å². The van der Waals surface area contributed by atoms with Gasteiger partial charge < -0.3 is 14.8 Å². The fraction of sp³-hybridized carbons (Fsp3) is 0.625. The molecule has 2 atom stereocenters. The van der Waals surface area contributed by atoms with Gasteiger partial charge in [-0.05, 0) is 36.8 Å². The number of nitrogens with one attached hydrogen (secondary N) is 1. The van der Waals surface area contributed by atoms with E-state index in [-0.39, 0.29) is 0 Å². The van der Waals surface area contributed by atoms with Gasteiger partial charge in [-0.25, -0.2) is 0 Å². The molecule has 0 bridgehead atoms. The number of ether oxygens (including phenoxy) is 2. The van der Waals surface area contributed by atoms with E-state index in [4.69, 9.17) is 21.1 Å². The maximum absolute atomic E-state index is 6.33. The summed E-state index contributed by atoms with van der Waals surface area (Å²) in [5.41, 5.74) is 1.16. The first kappa shape index (κ1) is 15.3. The van der Waals surface area contributed by atoms with Crippen LogP contribution in [0.1, 0.15) is 31.2 Å². The van der Waals surface area contributed by atoms with Crippen molar-refractivity contribution in [2.75, 3.05) is 19.5 Å². The highest BCUT2D eigenvalue weighted by Gasteiger charge is 2.26. The molecule has 1 N–H and O–H groups in total. The zero-order chi connectivity index (χ0) is 14.7. The highest BCUT2D eigenvalue weighted by molar-refractivity contribution is 7.99. The summed E-state index contributed by atoms with van der Waals surface area (Å²) in [7, 11) is 0. The maximum atomic E-state index is 6.33. The maximum Gasteiger partial charge on any atom is 0.179 e. The van der Waals surface area contributed by atoms with Crippen LogP contribution in [0.3, 0.4) is 0 Å². The smallest absolute Gasteiger partial charge is 0.179 e. The predicted molar refractivity (Wildman–Crippen MR) is 88.8 cm³/mol. The molecule has 1 saturated carbocycles. The van der Waals surface area contributed by atoms with Crippen LogP contribution in [0.4, 0.5) is 0 Å². The minimum atomic E-state index is 0.606. The summed E-state index contributed by atoms with van der Waals surface area (Å²) in [5, 5.41) is 5.06. The average molecular weight is 328 g/mol. The number of hydrogen-bond donors (Lipinski definition) is 1. The number of hydrogen-bond acceptors (Lipinski definition) is 4. The number of halogens is 1. The SMILES string of the molecule is CSC1CCCC1NCc1cc(Cl)c2c(c1)OCCCO2. The normalized spacial score (nSPS) is 24.9. The largest absolute Gasteiger partial charge is 0.489 e. The summed E-state index contributed by atoms with van der Waals surface area (Å²) in [6.07, 6.45) is 7.01. The summed E-state index contributed by atoms with van der Waals surface area (Å²) >= 11 is 8.31. The van der Waals surface area contributed by atoms with Gasteiger partial charge >= 0.3 is 0 Å². The minimum Gasteiger partial charge on any atom is -0.489 e. The number of fused-ring (bicyclic) bond motifs is 1. The molecule has 5 heteroatoms. The van der Waals surface area contributed by atoms with Crippen molar-refractivity contribution in [3.63, 3.8) is 0 Å². The van der Waals surface area contributed by atoms with Crippen LogP contribution in [0.25, 0.3) is 0 Å². The van der Waals surface area contributed by atoms with E-state index in [1.165, 1.54) is 19.3 Å². The summed E-state index contributed by atoms with van der Waals surface area (Å²) in [6, 6.07) is 4.66. The summed E-state index contributed by atoms with van der Waals surface area (Å²) in [4.78, 5) is 0. The van der Waals surface area contributed by atoms with Gasteiger partial charge in [0.05, 0.1) is 18.2 Å². The van der Waals surface area contributed by atoms with Crippen LogP contribution in [-0.2, 0) is 6.54 Å². The molecule has 0 radical (unpaired) electrons. The molecule has 0 aromatic heterocycles. The summed E-state index contributed by atoms with van der Waals surface area (Å²) in [6.45, 7) is 2.19. The van der Waals surface area contributed by atoms with E-state index in [1.54, 1.807) is 0 Å². The lowest BCUT2D eigenvalue weighted by atomic mass is 10.1. The molecular formula is C16H22ClNO2S. The molecule has 3 rings (SSSR count). The monoisotopic (exact) mass is 327 g/mol. The van der Waals surface area contributed by atoms with E-state index < -0.39 is 0 Å². The summed E-state index contributed by atoms with van der Waals surface area (Å²) in [5.74, 6) is 1.48. The molecule has 0 saturated heterocycles. The van der Waals surface area contributed by atoms with E-state index in [9.17, 15) is 0 Å². The van der Waals surface area contributed by atoms with Crippen LogP contribution in [0.5, 0.6) is 11.5 Å². The second kappa shape index (κ2) is 7.12. The van der Waals surface area contributed by atoms with E-state index in [1.807, 2.05) is 17.8 Å². The zero-order valence-corrected chi connectivity index (χ0v) is 13.9. The van der Waals surface area contributed by atoms with Crippen LogP contribution < -0.4 is 14.8 Å². The van der Waals surface area contributed by atoms with Crippen LogP contribution >= 0.6 is 23.4 Å². The second-order valence-electron chi connectivity index (χ2n) is 5.65. The standard InChI is InChI=1S/C16H22ClNO2S/c1-21-15-5-2-4-13(15)18-10-11-8-12(17)16-14(9-11)19-6-3-7-20-16/h8-9,13,15,18H,2-7,10H2,1H3. The molecule has 1 aromatic carbocycles. The molecule has 21 heavy (non-hydrogen) atoms. The lowest BCUT2D eigenvalue weighted by molar-refractivity contribution is 0.297. The van der Waals surface area contributed by atoms with Crippen LogP contribution in [0.15, 0.2) is 12.1 Å². The van der Waals surface area contributed by atoms with Crippen molar-refractivity contribution in [3.8, 4) is 11.5 Å². The number of benzene rings is 1. The van der Waals surface area contributed by atoms with Gasteiger partial charge in [0.2, 0.25) is 0 Å². The van der Waals surface area contributed by atoms with E-state index >= 15 is 0 Å². The third kappa shape index (κ3) is 3.61. The lowest BCUT2D eigenvalue weighted by Crippen LogP contribution is -2.33. The van der Waals surface area contributed by atoms with Gasteiger partial charge in [-0.3, -0.25) is 0 Å². The Morgan fingerprint density at radius 1 is 1.24 bits per heavy atom. The lowest BCUT2D eigenvalue weighted by Gasteiger charge is -2.20. The second-order valence-corrected chi connectivity index (χ2v) is 7.13. The first-order chi connectivity index (χ1) is 10.3. The molecule has 0 amide bonds. The molecule has 2 unspecified atom stereocenters. The number of thioether (sulfide) groups is 1. The Hall–Kier alpha value is -0.580. The Morgan fingerprint density at radius 2 is 2.10 bits per heavy atom. The Bertz CT molecular complexity index is 497. The van der Waals surface area contributed by atoms with Crippen LogP contribution in [0, 0.1) is 0 Å². The van der Waals surface area contributed by atoms with E-state index in [2.05, 4.69) is 17.6 Å². The quantitative estimate of drug-likeness (QED) is 0.909. The van der Waals surface area contributed by atoms with Crippen molar-refractivity contribution < 1.29 is 9.47 Å². The molecular weight excluding hydrogens is 306 g/mol. The molecule has 1 aromatic rings. The van der Waals surface area contributed by atoms with E-state index in [0.717, 1.165) is 29.5 Å². The topological polar surface area (TPSA) is 30.5 Å².